The second kappa shape index (κ2) is 6.55. The van der Waals surface area contributed by atoms with Crippen molar-refractivity contribution in [3.8, 4) is 5.75 Å². The molecule has 2 fully saturated rings. The molecule has 0 aromatic heterocycles. The van der Waals surface area contributed by atoms with E-state index in [4.69, 9.17) is 5.73 Å². The van der Waals surface area contributed by atoms with Gasteiger partial charge in [0.15, 0.2) is 34.7 Å². The molecule has 3 aliphatic carbocycles. The first kappa shape index (κ1) is 20.4. The molecule has 1 aromatic carbocycles. The van der Waals surface area contributed by atoms with Crippen LogP contribution in [0.2, 0.25) is 0 Å². The maximum Gasteiger partial charge on any atom is 0.235 e. The molecule has 4 N–H and O–H groups in total. The van der Waals surface area contributed by atoms with E-state index in [1.807, 2.05) is 0 Å². The third kappa shape index (κ3) is 2.45. The van der Waals surface area contributed by atoms with E-state index in [0.29, 0.717) is 5.56 Å². The van der Waals surface area contributed by atoms with Crippen LogP contribution in [0.1, 0.15) is 22.3 Å². The van der Waals surface area contributed by atoms with Gasteiger partial charge in [0.05, 0.1) is 17.5 Å². The molecule has 4 rings (SSSR count). The van der Waals surface area contributed by atoms with E-state index in [1.54, 1.807) is 26.2 Å². The quantitative estimate of drug-likeness (QED) is 0.513. The minimum absolute atomic E-state index is 0.00379. The SMILES string of the molecule is CN(C)[C@H]1C(=O)C(C(N)=O)C(=O)[C@]2(O)C(=O)C3C(=O)c4c(O)cccc4C[C@@H]3C[C@H]12. The number of Topliss-reactive ketones (excluding diaryl/α,β-unsaturated/α-hetero) is 4. The fourth-order valence-electron chi connectivity index (χ4n) is 5.54. The molecule has 0 saturated heterocycles. The number of carbonyl (C=O) groups excluding carboxylic acids is 5. The van der Waals surface area contributed by atoms with Crippen LogP contribution < -0.4 is 5.73 Å². The number of benzene rings is 1. The lowest BCUT2D eigenvalue weighted by atomic mass is 9.52. The van der Waals surface area contributed by atoms with Crippen LogP contribution >= 0.6 is 0 Å². The van der Waals surface area contributed by atoms with Crippen molar-refractivity contribution in [3.05, 3.63) is 29.3 Å². The lowest BCUT2D eigenvalue weighted by molar-refractivity contribution is -0.181. The van der Waals surface area contributed by atoms with Crippen LogP contribution in [0.15, 0.2) is 18.2 Å². The summed E-state index contributed by atoms with van der Waals surface area (Å²) >= 11 is 0. The molecular formula is C21H22N2O7. The molecule has 0 aliphatic heterocycles. The van der Waals surface area contributed by atoms with Crippen molar-refractivity contribution in [2.75, 3.05) is 14.1 Å². The van der Waals surface area contributed by atoms with Crippen LogP contribution in [-0.4, -0.2) is 69.9 Å². The number of amides is 1. The van der Waals surface area contributed by atoms with E-state index in [9.17, 15) is 34.2 Å². The van der Waals surface area contributed by atoms with Crippen LogP contribution in [0, 0.1) is 23.7 Å². The van der Waals surface area contributed by atoms with Crippen LogP contribution in [-0.2, 0) is 25.6 Å². The largest absolute Gasteiger partial charge is 0.507 e. The number of aliphatic hydroxyl groups is 1. The highest BCUT2D eigenvalue weighted by Gasteiger charge is 2.69. The van der Waals surface area contributed by atoms with Gasteiger partial charge in [-0.3, -0.25) is 28.9 Å². The summed E-state index contributed by atoms with van der Waals surface area (Å²) in [6.45, 7) is 0. The smallest absolute Gasteiger partial charge is 0.235 e. The predicted octanol–water partition coefficient (Wildman–Crippen LogP) is -1.13. The number of hydrogen-bond acceptors (Lipinski definition) is 8. The number of fused-ring (bicyclic) bond motifs is 3. The first-order chi connectivity index (χ1) is 14.0. The minimum atomic E-state index is -2.68. The Morgan fingerprint density at radius 3 is 2.43 bits per heavy atom. The van der Waals surface area contributed by atoms with Gasteiger partial charge in [-0.05, 0) is 44.5 Å². The third-order valence-electron chi connectivity index (χ3n) is 6.80. The van der Waals surface area contributed by atoms with Crippen LogP contribution in [0.4, 0.5) is 0 Å². The molecule has 30 heavy (non-hydrogen) atoms. The summed E-state index contributed by atoms with van der Waals surface area (Å²) in [5, 5.41) is 21.5. The number of nitrogens with zero attached hydrogens (tertiary/aromatic N) is 1. The number of phenolic OH excluding ortho intramolecular Hbond substituents is 1. The summed E-state index contributed by atoms with van der Waals surface area (Å²) in [6.07, 6.45) is 0.333. The molecule has 3 aliphatic rings. The number of primary amides is 1. The maximum atomic E-state index is 13.4. The number of ketones is 4. The molecule has 2 unspecified atom stereocenters. The Balaban J connectivity index is 1.87. The number of hydrogen-bond donors (Lipinski definition) is 3. The Labute approximate surface area is 171 Å². The second-order valence-electron chi connectivity index (χ2n) is 8.60. The monoisotopic (exact) mass is 414 g/mol. The van der Waals surface area contributed by atoms with Crippen molar-refractivity contribution >= 4 is 29.0 Å². The van der Waals surface area contributed by atoms with Gasteiger partial charge in [-0.15, -0.1) is 0 Å². The standard InChI is InChI=1S/C21H22N2O7/c1-23(2)15-10-7-9-6-8-4-3-5-11(24)12(8)16(25)13(9)18(27)21(10,30)19(28)14(17(15)26)20(22)29/h3-5,9-10,13-15,24,30H,6-7H2,1-2H3,(H2,22,29)/t9-,10-,13?,14?,15-,21-/m1/s1. The van der Waals surface area contributed by atoms with E-state index in [-0.39, 0.29) is 24.2 Å². The predicted molar refractivity (Wildman–Crippen MR) is 101 cm³/mol. The molecule has 1 amide bonds. The normalized spacial score (nSPS) is 35.7. The lowest BCUT2D eigenvalue weighted by Crippen LogP contribution is -2.74. The van der Waals surface area contributed by atoms with Gasteiger partial charge in [-0.1, -0.05) is 12.1 Å². The van der Waals surface area contributed by atoms with Crippen molar-refractivity contribution in [1.82, 2.24) is 4.90 Å². The molecule has 9 heteroatoms. The Kier molecular flexibility index (Phi) is 4.44. The van der Waals surface area contributed by atoms with E-state index in [1.165, 1.54) is 11.0 Å². The fourth-order valence-corrected chi connectivity index (χ4v) is 5.54. The number of likely N-dealkylation sites (N-methyl/N-ethyl adjacent to an activating group) is 1. The lowest BCUT2D eigenvalue weighted by Gasteiger charge is -2.52. The molecule has 0 radical (unpaired) electrons. The minimum Gasteiger partial charge on any atom is -0.507 e. The number of rotatable bonds is 2. The molecule has 6 atom stereocenters. The number of phenols is 1. The Morgan fingerprint density at radius 1 is 1.17 bits per heavy atom. The van der Waals surface area contributed by atoms with Crippen molar-refractivity contribution in [3.63, 3.8) is 0 Å². The number of aromatic hydroxyl groups is 1. The average molecular weight is 414 g/mol. The first-order valence-electron chi connectivity index (χ1n) is 9.67. The van der Waals surface area contributed by atoms with E-state index >= 15 is 0 Å². The number of carbonyl (C=O) groups is 5. The zero-order valence-corrected chi connectivity index (χ0v) is 16.5. The molecule has 2 saturated carbocycles. The van der Waals surface area contributed by atoms with Gasteiger partial charge in [-0.2, -0.15) is 0 Å². The number of nitrogens with two attached hydrogens (primary N) is 1. The van der Waals surface area contributed by atoms with Crippen molar-refractivity contribution < 1.29 is 34.2 Å². The topological polar surface area (TPSA) is 155 Å². The summed E-state index contributed by atoms with van der Waals surface area (Å²) in [5.41, 5.74) is 3.16. The Bertz CT molecular complexity index is 1020. The zero-order chi connectivity index (χ0) is 22.1. The third-order valence-corrected chi connectivity index (χ3v) is 6.80. The highest BCUT2D eigenvalue weighted by molar-refractivity contribution is 6.32. The van der Waals surface area contributed by atoms with Gasteiger partial charge >= 0.3 is 0 Å². The van der Waals surface area contributed by atoms with Gasteiger partial charge in [0.1, 0.15) is 5.75 Å². The Hall–Kier alpha value is -2.91. The average Bonchev–Trinajstić information content (AvgIpc) is 2.64. The van der Waals surface area contributed by atoms with Gasteiger partial charge in [-0.25, -0.2) is 0 Å². The molecule has 0 heterocycles. The maximum absolute atomic E-state index is 13.4. The molecule has 158 valence electrons. The summed E-state index contributed by atoms with van der Waals surface area (Å²) in [7, 11) is 3.10. The van der Waals surface area contributed by atoms with Crippen LogP contribution in [0.25, 0.3) is 0 Å². The summed E-state index contributed by atoms with van der Waals surface area (Å²) in [5.74, 6) is -10.2. The van der Waals surface area contributed by atoms with Crippen LogP contribution in [0.3, 0.4) is 0 Å². The van der Waals surface area contributed by atoms with Gasteiger partial charge in [0, 0.05) is 5.92 Å². The van der Waals surface area contributed by atoms with Crippen molar-refractivity contribution in [1.29, 1.82) is 0 Å². The second-order valence-corrected chi connectivity index (χ2v) is 8.60. The van der Waals surface area contributed by atoms with E-state index < -0.39 is 64.4 Å². The van der Waals surface area contributed by atoms with Crippen LogP contribution in [0.5, 0.6) is 5.75 Å². The summed E-state index contributed by atoms with van der Waals surface area (Å²) < 4.78 is 0. The summed E-state index contributed by atoms with van der Waals surface area (Å²) in [4.78, 5) is 65.8. The van der Waals surface area contributed by atoms with Gasteiger partial charge < -0.3 is 15.9 Å². The van der Waals surface area contributed by atoms with E-state index in [2.05, 4.69) is 0 Å². The molecule has 9 nitrogen and oxygen atoms in total. The van der Waals surface area contributed by atoms with Gasteiger partial charge in [0.2, 0.25) is 5.91 Å². The highest BCUT2D eigenvalue weighted by atomic mass is 16.3. The van der Waals surface area contributed by atoms with Crippen molar-refractivity contribution in [2.45, 2.75) is 24.5 Å². The van der Waals surface area contributed by atoms with Gasteiger partial charge in [0.25, 0.3) is 0 Å². The molecule has 0 bridgehead atoms. The first-order valence-corrected chi connectivity index (χ1v) is 9.67. The van der Waals surface area contributed by atoms with E-state index in [0.717, 1.165) is 0 Å². The Morgan fingerprint density at radius 2 is 1.83 bits per heavy atom. The molecular weight excluding hydrogens is 392 g/mol. The fraction of sp³-hybridized carbons (Fsp3) is 0.476. The highest BCUT2D eigenvalue weighted by Crippen LogP contribution is 2.50. The summed E-state index contributed by atoms with van der Waals surface area (Å²) in [6, 6.07) is 3.52. The van der Waals surface area contributed by atoms with Crippen molar-refractivity contribution in [2.24, 2.45) is 29.4 Å². The molecule has 1 aromatic rings. The zero-order valence-electron chi connectivity index (χ0n) is 16.5. The molecule has 0 spiro atoms.